The minimum Gasteiger partial charge on any atom is -0.352 e. The molecule has 1 fully saturated rings. The molecule has 1 saturated heterocycles. The van der Waals surface area contributed by atoms with Crippen molar-refractivity contribution in [3.05, 3.63) is 48.0 Å². The molecule has 0 aromatic heterocycles. The summed E-state index contributed by atoms with van der Waals surface area (Å²) in [5.74, 6) is 0.535. The Kier molecular flexibility index (Phi) is 7.24. The normalized spacial score (nSPS) is 17.7. The number of para-hydroxylation sites is 1. The first kappa shape index (κ1) is 22.2. The summed E-state index contributed by atoms with van der Waals surface area (Å²) in [4.78, 5) is 20.4. The first-order valence-corrected chi connectivity index (χ1v) is 12.6. The molecule has 0 saturated carbocycles. The quantitative estimate of drug-likeness (QED) is 0.554. The topological polar surface area (TPSA) is 35.6 Å². The van der Waals surface area contributed by atoms with Crippen LogP contribution in [0.25, 0.3) is 0 Å². The number of nitrogens with zero attached hydrogens (tertiary/aromatic N) is 2. The van der Waals surface area contributed by atoms with E-state index in [0.29, 0.717) is 12.0 Å². The molecule has 1 unspecified atom stereocenters. The van der Waals surface area contributed by atoms with Crippen LogP contribution in [-0.2, 0) is 0 Å². The molecule has 0 radical (unpaired) electrons. The maximum absolute atomic E-state index is 12.9. The van der Waals surface area contributed by atoms with Gasteiger partial charge in [0, 0.05) is 34.5 Å². The van der Waals surface area contributed by atoms with Crippen LogP contribution in [0.2, 0.25) is 0 Å². The van der Waals surface area contributed by atoms with Crippen LogP contribution in [-0.4, -0.2) is 43.0 Å². The Morgan fingerprint density at radius 2 is 1.81 bits per heavy atom. The summed E-state index contributed by atoms with van der Waals surface area (Å²) in [6.07, 6.45) is 4.89. The molecule has 31 heavy (non-hydrogen) atoms. The number of amides is 1. The van der Waals surface area contributed by atoms with Crippen molar-refractivity contribution in [2.45, 2.75) is 62.3 Å². The molecular formula is C26H35N3OS. The number of benzene rings is 2. The zero-order valence-electron chi connectivity index (χ0n) is 19.1. The van der Waals surface area contributed by atoms with Crippen LogP contribution < -0.4 is 10.2 Å². The molecule has 2 aromatic rings. The molecule has 1 amide bonds. The van der Waals surface area contributed by atoms with Gasteiger partial charge in [0.15, 0.2) is 0 Å². The third-order valence-corrected chi connectivity index (χ3v) is 7.51. The number of carbonyl (C=O) groups excluding carboxylic acids is 1. The Balaban J connectivity index is 1.60. The highest BCUT2D eigenvalue weighted by molar-refractivity contribution is 7.99. The summed E-state index contributed by atoms with van der Waals surface area (Å²) >= 11 is 1.80. The maximum atomic E-state index is 12.9. The Morgan fingerprint density at radius 1 is 1.06 bits per heavy atom. The zero-order chi connectivity index (χ0) is 21.8. The molecule has 0 spiro atoms. The van der Waals surface area contributed by atoms with Gasteiger partial charge < -0.3 is 15.1 Å². The van der Waals surface area contributed by atoms with Gasteiger partial charge in [-0.1, -0.05) is 44.2 Å². The Labute approximate surface area is 191 Å². The number of fused-ring (bicyclic) bond motifs is 2. The van der Waals surface area contributed by atoms with Crippen molar-refractivity contribution in [1.82, 2.24) is 10.2 Å². The number of hydrogen-bond acceptors (Lipinski definition) is 4. The molecule has 4 nitrogen and oxygen atoms in total. The van der Waals surface area contributed by atoms with Crippen molar-refractivity contribution >= 4 is 29.0 Å². The number of anilines is 2. The van der Waals surface area contributed by atoms with E-state index in [4.69, 9.17) is 0 Å². The SMILES string of the molecule is CCCC(C)CNC(=O)c1ccc2c(c1)N([C@H](C)CN1CCCC1)c1ccccc1S2. The largest absolute Gasteiger partial charge is 0.352 e. The van der Waals surface area contributed by atoms with Crippen molar-refractivity contribution in [3.63, 3.8) is 0 Å². The van der Waals surface area contributed by atoms with Crippen molar-refractivity contribution in [3.8, 4) is 0 Å². The van der Waals surface area contributed by atoms with Crippen molar-refractivity contribution in [2.24, 2.45) is 5.92 Å². The average Bonchev–Trinajstić information content (AvgIpc) is 3.28. The van der Waals surface area contributed by atoms with E-state index in [2.05, 4.69) is 72.3 Å². The van der Waals surface area contributed by atoms with E-state index in [0.717, 1.165) is 37.2 Å². The molecule has 0 bridgehead atoms. The fraction of sp³-hybridized carbons (Fsp3) is 0.500. The summed E-state index contributed by atoms with van der Waals surface area (Å²) in [6, 6.07) is 15.2. The summed E-state index contributed by atoms with van der Waals surface area (Å²) in [6.45, 7) is 10.9. The van der Waals surface area contributed by atoms with E-state index in [1.165, 1.54) is 41.4 Å². The first-order chi connectivity index (χ1) is 15.1. The van der Waals surface area contributed by atoms with E-state index < -0.39 is 0 Å². The third-order valence-electron chi connectivity index (χ3n) is 6.38. The zero-order valence-corrected chi connectivity index (χ0v) is 19.9. The number of rotatable bonds is 8. The Morgan fingerprint density at radius 3 is 2.58 bits per heavy atom. The Bertz CT molecular complexity index is 909. The van der Waals surface area contributed by atoms with Gasteiger partial charge in [-0.3, -0.25) is 4.79 Å². The van der Waals surface area contributed by atoms with Crippen LogP contribution in [0.15, 0.2) is 52.3 Å². The standard InChI is InChI=1S/C26H35N3OS/c1-4-9-19(2)17-27-26(30)21-12-13-25-23(16-21)29(20(3)18-28-14-7-8-15-28)22-10-5-6-11-24(22)31-25/h5-6,10-13,16,19-20H,4,7-9,14-15,17-18H2,1-3H3,(H,27,30)/t19?,20-/m1/s1. The average molecular weight is 438 g/mol. The van der Waals surface area contributed by atoms with Gasteiger partial charge >= 0.3 is 0 Å². The van der Waals surface area contributed by atoms with Crippen LogP contribution in [0.1, 0.15) is 56.8 Å². The first-order valence-electron chi connectivity index (χ1n) is 11.8. The van der Waals surface area contributed by atoms with Crippen LogP contribution in [0.5, 0.6) is 0 Å². The second-order valence-corrected chi connectivity index (χ2v) is 10.2. The molecule has 2 aromatic carbocycles. The smallest absolute Gasteiger partial charge is 0.251 e. The Hall–Kier alpha value is -1.98. The molecule has 2 aliphatic heterocycles. The fourth-order valence-corrected chi connectivity index (χ4v) is 5.84. The number of nitrogens with one attached hydrogen (secondary N) is 1. The fourth-order valence-electron chi connectivity index (χ4n) is 4.78. The van der Waals surface area contributed by atoms with Gasteiger partial charge in [0.05, 0.1) is 11.4 Å². The molecule has 2 heterocycles. The lowest BCUT2D eigenvalue weighted by Crippen LogP contribution is -2.40. The number of likely N-dealkylation sites (tertiary alicyclic amines) is 1. The summed E-state index contributed by atoms with van der Waals surface area (Å²) < 4.78 is 0. The highest BCUT2D eigenvalue weighted by Crippen LogP contribution is 2.49. The van der Waals surface area contributed by atoms with Gasteiger partial charge in [0.2, 0.25) is 0 Å². The maximum Gasteiger partial charge on any atom is 0.251 e. The van der Waals surface area contributed by atoms with Gasteiger partial charge in [-0.25, -0.2) is 0 Å². The van der Waals surface area contributed by atoms with Crippen molar-refractivity contribution in [1.29, 1.82) is 0 Å². The minimum absolute atomic E-state index is 0.0294. The second kappa shape index (κ2) is 10.1. The van der Waals surface area contributed by atoms with Crippen LogP contribution in [0.4, 0.5) is 11.4 Å². The van der Waals surface area contributed by atoms with Gasteiger partial charge in [0.1, 0.15) is 0 Å². The van der Waals surface area contributed by atoms with Gasteiger partial charge in [-0.15, -0.1) is 0 Å². The van der Waals surface area contributed by atoms with E-state index in [1.54, 1.807) is 11.8 Å². The molecule has 2 atom stereocenters. The minimum atomic E-state index is 0.0294. The summed E-state index contributed by atoms with van der Waals surface area (Å²) in [5.41, 5.74) is 3.16. The van der Waals surface area contributed by atoms with E-state index in [9.17, 15) is 4.79 Å². The number of carbonyl (C=O) groups is 1. The van der Waals surface area contributed by atoms with E-state index >= 15 is 0 Å². The predicted octanol–water partition coefficient (Wildman–Crippen LogP) is 5.94. The molecule has 4 rings (SSSR count). The highest BCUT2D eigenvalue weighted by Gasteiger charge is 2.29. The van der Waals surface area contributed by atoms with Crippen molar-refractivity contribution < 1.29 is 4.79 Å². The molecule has 2 aliphatic rings. The highest BCUT2D eigenvalue weighted by atomic mass is 32.2. The van der Waals surface area contributed by atoms with Gasteiger partial charge in [0.25, 0.3) is 5.91 Å². The molecule has 166 valence electrons. The lowest BCUT2D eigenvalue weighted by atomic mass is 10.1. The van der Waals surface area contributed by atoms with E-state index in [-0.39, 0.29) is 5.91 Å². The molecular weight excluding hydrogens is 402 g/mol. The van der Waals surface area contributed by atoms with Gasteiger partial charge in [-0.2, -0.15) is 0 Å². The van der Waals surface area contributed by atoms with Gasteiger partial charge in [-0.05, 0) is 75.5 Å². The van der Waals surface area contributed by atoms with Crippen LogP contribution in [0.3, 0.4) is 0 Å². The van der Waals surface area contributed by atoms with Crippen molar-refractivity contribution in [2.75, 3.05) is 31.1 Å². The van der Waals surface area contributed by atoms with E-state index in [1.807, 2.05) is 6.07 Å². The third kappa shape index (κ3) is 5.09. The summed E-state index contributed by atoms with van der Waals surface area (Å²) in [7, 11) is 0. The predicted molar refractivity (Wildman–Crippen MR) is 131 cm³/mol. The summed E-state index contributed by atoms with van der Waals surface area (Å²) in [5, 5.41) is 3.14. The second-order valence-electron chi connectivity index (χ2n) is 9.08. The monoisotopic (exact) mass is 437 g/mol. The lowest BCUT2D eigenvalue weighted by Gasteiger charge is -2.39. The molecule has 5 heteroatoms. The van der Waals surface area contributed by atoms with Crippen LogP contribution in [0, 0.1) is 5.92 Å². The molecule has 1 N–H and O–H groups in total. The number of hydrogen-bond donors (Lipinski definition) is 1. The lowest BCUT2D eigenvalue weighted by molar-refractivity contribution is 0.0947. The van der Waals surface area contributed by atoms with Crippen LogP contribution >= 0.6 is 11.8 Å². The molecule has 0 aliphatic carbocycles.